The second kappa shape index (κ2) is 5.78. The van der Waals surface area contributed by atoms with Gasteiger partial charge in [0.25, 0.3) is 0 Å². The number of aryl methyl sites for hydroxylation is 1. The Labute approximate surface area is 106 Å². The van der Waals surface area contributed by atoms with Crippen molar-refractivity contribution in [1.29, 1.82) is 5.26 Å². The molecule has 0 radical (unpaired) electrons. The first-order chi connectivity index (χ1) is 8.83. The molecule has 0 aliphatic carbocycles. The van der Waals surface area contributed by atoms with Gasteiger partial charge in [-0.2, -0.15) is 5.26 Å². The van der Waals surface area contributed by atoms with Gasteiger partial charge in [-0.1, -0.05) is 31.2 Å². The van der Waals surface area contributed by atoms with Gasteiger partial charge in [-0.05, 0) is 17.5 Å². The van der Waals surface area contributed by atoms with Gasteiger partial charge in [-0.3, -0.25) is 0 Å². The molecule has 0 bridgehead atoms. The van der Waals surface area contributed by atoms with Gasteiger partial charge in [-0.25, -0.2) is 9.97 Å². The fourth-order valence-electron chi connectivity index (χ4n) is 1.63. The number of nitriles is 1. The summed E-state index contributed by atoms with van der Waals surface area (Å²) in [5.41, 5.74) is 2.79. The summed E-state index contributed by atoms with van der Waals surface area (Å²) in [6.07, 6.45) is 4.12. The average molecular weight is 238 g/mol. The standard InChI is InChI=1S/C14H14N4/c1-2-11-3-5-12(6-4-11)10-18-14-13(9-15)16-7-8-17-14/h3-8H,2,10H2,1H3,(H,17,18). The van der Waals surface area contributed by atoms with E-state index in [0.717, 1.165) is 12.0 Å². The van der Waals surface area contributed by atoms with Crippen molar-refractivity contribution in [1.82, 2.24) is 9.97 Å². The molecule has 0 fully saturated rings. The Bertz CT molecular complexity index is 555. The lowest BCUT2D eigenvalue weighted by molar-refractivity contribution is 1.06. The van der Waals surface area contributed by atoms with Crippen molar-refractivity contribution in [3.8, 4) is 6.07 Å². The maximum absolute atomic E-state index is 8.89. The van der Waals surface area contributed by atoms with E-state index in [4.69, 9.17) is 5.26 Å². The first-order valence-corrected chi connectivity index (χ1v) is 5.86. The zero-order valence-electron chi connectivity index (χ0n) is 10.2. The highest BCUT2D eigenvalue weighted by molar-refractivity contribution is 5.47. The lowest BCUT2D eigenvalue weighted by Gasteiger charge is -2.06. The highest BCUT2D eigenvalue weighted by Crippen LogP contribution is 2.10. The van der Waals surface area contributed by atoms with Crippen LogP contribution in [0.2, 0.25) is 0 Å². The van der Waals surface area contributed by atoms with Gasteiger partial charge < -0.3 is 5.32 Å². The number of hydrogen-bond acceptors (Lipinski definition) is 4. The minimum Gasteiger partial charge on any atom is -0.364 e. The first kappa shape index (κ1) is 12.1. The lowest BCUT2D eigenvalue weighted by atomic mass is 10.1. The Morgan fingerprint density at radius 2 is 1.78 bits per heavy atom. The van der Waals surface area contributed by atoms with E-state index < -0.39 is 0 Å². The minimum absolute atomic E-state index is 0.322. The molecule has 4 nitrogen and oxygen atoms in total. The summed E-state index contributed by atoms with van der Waals surface area (Å²) >= 11 is 0. The third kappa shape index (κ3) is 2.83. The quantitative estimate of drug-likeness (QED) is 0.889. The van der Waals surface area contributed by atoms with Crippen molar-refractivity contribution >= 4 is 5.82 Å². The largest absolute Gasteiger partial charge is 0.364 e. The van der Waals surface area contributed by atoms with E-state index >= 15 is 0 Å². The molecule has 18 heavy (non-hydrogen) atoms. The SMILES string of the molecule is CCc1ccc(CNc2nccnc2C#N)cc1. The van der Waals surface area contributed by atoms with E-state index in [0.29, 0.717) is 18.1 Å². The van der Waals surface area contributed by atoms with Gasteiger partial charge in [0.15, 0.2) is 11.5 Å². The van der Waals surface area contributed by atoms with E-state index in [1.807, 2.05) is 6.07 Å². The predicted molar refractivity (Wildman–Crippen MR) is 69.9 cm³/mol. The van der Waals surface area contributed by atoms with Crippen LogP contribution in [0.15, 0.2) is 36.7 Å². The predicted octanol–water partition coefficient (Wildman–Crippen LogP) is 2.52. The zero-order valence-corrected chi connectivity index (χ0v) is 10.2. The molecule has 0 saturated heterocycles. The normalized spacial score (nSPS) is 9.78. The molecule has 0 unspecified atom stereocenters. The van der Waals surface area contributed by atoms with Gasteiger partial charge in [0.05, 0.1) is 0 Å². The number of anilines is 1. The minimum atomic E-state index is 0.322. The Balaban J connectivity index is 2.05. The Morgan fingerprint density at radius 3 is 2.44 bits per heavy atom. The number of aromatic nitrogens is 2. The van der Waals surface area contributed by atoms with Gasteiger partial charge in [0, 0.05) is 18.9 Å². The number of hydrogen-bond donors (Lipinski definition) is 1. The number of benzene rings is 1. The second-order valence-corrected chi connectivity index (χ2v) is 3.89. The van der Waals surface area contributed by atoms with E-state index in [2.05, 4.69) is 46.5 Å². The fraction of sp³-hybridized carbons (Fsp3) is 0.214. The molecular weight excluding hydrogens is 224 g/mol. The molecule has 2 rings (SSSR count). The van der Waals surface area contributed by atoms with Crippen LogP contribution in [0.4, 0.5) is 5.82 Å². The van der Waals surface area contributed by atoms with Crippen molar-refractivity contribution < 1.29 is 0 Å². The zero-order chi connectivity index (χ0) is 12.8. The van der Waals surface area contributed by atoms with Crippen LogP contribution in [0.25, 0.3) is 0 Å². The molecule has 1 N–H and O–H groups in total. The molecule has 4 heteroatoms. The van der Waals surface area contributed by atoms with Crippen LogP contribution < -0.4 is 5.32 Å². The summed E-state index contributed by atoms with van der Waals surface area (Å²) in [5, 5.41) is 12.0. The highest BCUT2D eigenvalue weighted by atomic mass is 15.0. The molecule has 0 spiro atoms. The number of nitrogens with zero attached hydrogens (tertiary/aromatic N) is 3. The van der Waals surface area contributed by atoms with Crippen LogP contribution in [0.1, 0.15) is 23.7 Å². The monoisotopic (exact) mass is 238 g/mol. The van der Waals surface area contributed by atoms with Crippen LogP contribution >= 0.6 is 0 Å². The van der Waals surface area contributed by atoms with E-state index in [-0.39, 0.29) is 0 Å². The summed E-state index contributed by atoms with van der Waals surface area (Å²) in [7, 11) is 0. The van der Waals surface area contributed by atoms with Gasteiger partial charge >= 0.3 is 0 Å². The third-order valence-corrected chi connectivity index (χ3v) is 2.70. The molecule has 0 saturated carbocycles. The molecule has 2 aromatic rings. The highest BCUT2D eigenvalue weighted by Gasteiger charge is 2.03. The Hall–Kier alpha value is -2.41. The van der Waals surface area contributed by atoms with Crippen LogP contribution in [0.5, 0.6) is 0 Å². The summed E-state index contributed by atoms with van der Waals surface area (Å²) < 4.78 is 0. The molecular formula is C14H14N4. The van der Waals surface area contributed by atoms with Crippen LogP contribution in [0, 0.1) is 11.3 Å². The summed E-state index contributed by atoms with van der Waals surface area (Å²) in [6, 6.07) is 10.4. The third-order valence-electron chi connectivity index (χ3n) is 2.70. The average Bonchev–Trinajstić information content (AvgIpc) is 2.46. The molecule has 0 aliphatic rings. The van der Waals surface area contributed by atoms with Gasteiger partial charge in [0.1, 0.15) is 6.07 Å². The van der Waals surface area contributed by atoms with E-state index in [1.54, 1.807) is 6.20 Å². The maximum Gasteiger partial charge on any atom is 0.182 e. The van der Waals surface area contributed by atoms with Crippen molar-refractivity contribution in [2.45, 2.75) is 19.9 Å². The smallest absolute Gasteiger partial charge is 0.182 e. The fourth-order valence-corrected chi connectivity index (χ4v) is 1.63. The molecule has 90 valence electrons. The number of nitrogens with one attached hydrogen (secondary N) is 1. The maximum atomic E-state index is 8.89. The van der Waals surface area contributed by atoms with Crippen molar-refractivity contribution in [3.05, 3.63) is 53.5 Å². The molecule has 0 atom stereocenters. The summed E-state index contributed by atoms with van der Waals surface area (Å²) in [4.78, 5) is 8.05. The van der Waals surface area contributed by atoms with Crippen LogP contribution in [-0.2, 0) is 13.0 Å². The van der Waals surface area contributed by atoms with Crippen molar-refractivity contribution in [2.75, 3.05) is 5.32 Å². The van der Waals surface area contributed by atoms with Gasteiger partial charge in [0.2, 0.25) is 0 Å². The first-order valence-electron chi connectivity index (χ1n) is 5.86. The van der Waals surface area contributed by atoms with Crippen LogP contribution in [0.3, 0.4) is 0 Å². The lowest BCUT2D eigenvalue weighted by Crippen LogP contribution is -2.04. The molecule has 1 aromatic carbocycles. The van der Waals surface area contributed by atoms with Crippen molar-refractivity contribution in [2.24, 2.45) is 0 Å². The topological polar surface area (TPSA) is 61.6 Å². The Kier molecular flexibility index (Phi) is 3.87. The van der Waals surface area contributed by atoms with Crippen molar-refractivity contribution in [3.63, 3.8) is 0 Å². The van der Waals surface area contributed by atoms with E-state index in [1.165, 1.54) is 11.8 Å². The second-order valence-electron chi connectivity index (χ2n) is 3.89. The molecule has 0 aliphatic heterocycles. The van der Waals surface area contributed by atoms with E-state index in [9.17, 15) is 0 Å². The van der Waals surface area contributed by atoms with Crippen LogP contribution in [-0.4, -0.2) is 9.97 Å². The Morgan fingerprint density at radius 1 is 1.11 bits per heavy atom. The summed E-state index contributed by atoms with van der Waals surface area (Å²) in [5.74, 6) is 0.527. The number of rotatable bonds is 4. The molecule has 1 heterocycles. The van der Waals surface area contributed by atoms with Gasteiger partial charge in [-0.15, -0.1) is 0 Å². The summed E-state index contributed by atoms with van der Waals surface area (Å²) in [6.45, 7) is 2.77. The molecule has 0 amide bonds. The molecule has 1 aromatic heterocycles.